The quantitative estimate of drug-likeness (QED) is 0.337. The monoisotopic (exact) mass is 463 g/mol. The van der Waals surface area contributed by atoms with E-state index in [0.717, 1.165) is 23.4 Å². The molecule has 1 aliphatic heterocycles. The molecular weight excluding hydrogens is 438 g/mol. The number of thiazole rings is 1. The van der Waals surface area contributed by atoms with Crippen LogP contribution in [-0.4, -0.2) is 40.8 Å². The van der Waals surface area contributed by atoms with E-state index in [-0.39, 0.29) is 17.7 Å². The van der Waals surface area contributed by atoms with Gasteiger partial charge in [0, 0.05) is 23.9 Å². The van der Waals surface area contributed by atoms with Gasteiger partial charge in [-0.2, -0.15) is 0 Å². The maximum Gasteiger partial charge on any atom is 0.261 e. The van der Waals surface area contributed by atoms with Crippen molar-refractivity contribution in [3.63, 3.8) is 0 Å². The van der Waals surface area contributed by atoms with Crippen molar-refractivity contribution in [3.8, 4) is 17.0 Å². The molecule has 170 valence electrons. The predicted octanol–water partition coefficient (Wildman–Crippen LogP) is 5.00. The van der Waals surface area contributed by atoms with Crippen molar-refractivity contribution in [1.82, 2.24) is 9.88 Å². The van der Waals surface area contributed by atoms with Crippen LogP contribution in [0.4, 0.5) is 5.13 Å². The normalized spacial score (nSPS) is 12.7. The number of unbranched alkanes of at least 4 members (excludes halogenated alkanes) is 2. The van der Waals surface area contributed by atoms with Crippen LogP contribution in [0.15, 0.2) is 53.9 Å². The van der Waals surface area contributed by atoms with Crippen molar-refractivity contribution < 1.29 is 19.1 Å². The lowest BCUT2D eigenvalue weighted by Crippen LogP contribution is -2.30. The van der Waals surface area contributed by atoms with E-state index in [1.165, 1.54) is 16.2 Å². The summed E-state index contributed by atoms with van der Waals surface area (Å²) in [5.41, 5.74) is 2.70. The molecular formula is C25H25N3O4S. The number of aromatic nitrogens is 1. The third-order valence-corrected chi connectivity index (χ3v) is 6.13. The van der Waals surface area contributed by atoms with E-state index in [0.29, 0.717) is 48.7 Å². The first kappa shape index (κ1) is 22.7. The number of imide groups is 1. The fraction of sp³-hybridized carbons (Fsp3) is 0.280. The smallest absolute Gasteiger partial charge is 0.261 e. The Kier molecular flexibility index (Phi) is 7.14. The maximum atomic E-state index is 12.4. The molecule has 8 heteroatoms. The number of carbonyl (C=O) groups is 3. The van der Waals surface area contributed by atoms with Crippen molar-refractivity contribution >= 4 is 34.2 Å². The minimum atomic E-state index is -0.236. The first-order valence-corrected chi connectivity index (χ1v) is 11.9. The number of nitrogens with zero attached hydrogens (tertiary/aromatic N) is 2. The zero-order chi connectivity index (χ0) is 23.2. The maximum absolute atomic E-state index is 12.4. The lowest BCUT2D eigenvalue weighted by Gasteiger charge is -2.13. The summed E-state index contributed by atoms with van der Waals surface area (Å²) < 4.78 is 5.45. The Bertz CT molecular complexity index is 1120. The molecule has 0 aliphatic carbocycles. The first-order valence-electron chi connectivity index (χ1n) is 11.0. The molecule has 0 unspecified atom stereocenters. The number of anilines is 1. The molecule has 0 radical (unpaired) electrons. The average molecular weight is 464 g/mol. The number of rotatable bonds is 10. The van der Waals surface area contributed by atoms with Crippen molar-refractivity contribution in [2.75, 3.05) is 18.5 Å². The second kappa shape index (κ2) is 10.4. The number of fused-ring (bicyclic) bond motifs is 1. The van der Waals surface area contributed by atoms with Crippen LogP contribution in [0.3, 0.4) is 0 Å². The van der Waals surface area contributed by atoms with Crippen LogP contribution in [0.1, 0.15) is 53.3 Å². The Balaban J connectivity index is 1.19. The molecule has 0 fully saturated rings. The number of amides is 3. The molecule has 1 N–H and O–H groups in total. The molecule has 1 aromatic heterocycles. The molecule has 4 rings (SSSR count). The highest BCUT2D eigenvalue weighted by Crippen LogP contribution is 2.27. The highest BCUT2D eigenvalue weighted by atomic mass is 32.1. The van der Waals surface area contributed by atoms with Crippen LogP contribution >= 0.6 is 11.3 Å². The van der Waals surface area contributed by atoms with Gasteiger partial charge < -0.3 is 10.1 Å². The van der Waals surface area contributed by atoms with Crippen molar-refractivity contribution in [3.05, 3.63) is 65.0 Å². The Hall–Kier alpha value is -3.52. The van der Waals surface area contributed by atoms with Gasteiger partial charge in [-0.15, -0.1) is 11.3 Å². The number of carbonyl (C=O) groups excluding carboxylic acids is 3. The standard InChI is InChI=1S/C25H25N3O4S/c1-2-32-18-13-11-17(12-14-18)21-16-33-25(26-21)27-22(29)10-4-3-7-15-28-23(30)19-8-5-6-9-20(19)24(28)31/h5-6,8-9,11-14,16H,2-4,7,10,15H2,1H3,(H,26,27,29). The van der Waals surface area contributed by atoms with Gasteiger partial charge >= 0.3 is 0 Å². The van der Waals surface area contributed by atoms with Crippen molar-refractivity contribution in [2.24, 2.45) is 0 Å². The molecule has 3 amide bonds. The predicted molar refractivity (Wildman–Crippen MR) is 128 cm³/mol. The summed E-state index contributed by atoms with van der Waals surface area (Å²) in [6.45, 7) is 2.93. The number of hydrogen-bond donors (Lipinski definition) is 1. The fourth-order valence-electron chi connectivity index (χ4n) is 3.71. The summed E-state index contributed by atoms with van der Waals surface area (Å²) in [4.78, 5) is 42.8. The largest absolute Gasteiger partial charge is 0.494 e. The van der Waals surface area contributed by atoms with Crippen molar-refractivity contribution in [1.29, 1.82) is 0 Å². The highest BCUT2D eigenvalue weighted by molar-refractivity contribution is 7.14. The van der Waals surface area contributed by atoms with Crippen molar-refractivity contribution in [2.45, 2.75) is 32.6 Å². The molecule has 2 heterocycles. The molecule has 7 nitrogen and oxygen atoms in total. The summed E-state index contributed by atoms with van der Waals surface area (Å²) in [5.74, 6) is 0.247. The van der Waals surface area contributed by atoms with Crippen LogP contribution in [0, 0.1) is 0 Å². The van der Waals surface area contributed by atoms with E-state index in [9.17, 15) is 14.4 Å². The molecule has 3 aromatic rings. The van der Waals surface area contributed by atoms with Gasteiger partial charge in [0.1, 0.15) is 5.75 Å². The summed E-state index contributed by atoms with van der Waals surface area (Å²) in [7, 11) is 0. The van der Waals surface area contributed by atoms with Gasteiger partial charge in [-0.3, -0.25) is 19.3 Å². The van der Waals surface area contributed by atoms with Gasteiger partial charge in [-0.1, -0.05) is 18.6 Å². The molecule has 33 heavy (non-hydrogen) atoms. The number of ether oxygens (including phenoxy) is 1. The summed E-state index contributed by atoms with van der Waals surface area (Å²) in [6.07, 6.45) is 2.44. The van der Waals surface area contributed by atoms with Gasteiger partial charge in [-0.05, 0) is 56.2 Å². The number of nitrogens with one attached hydrogen (secondary N) is 1. The van der Waals surface area contributed by atoms with E-state index < -0.39 is 0 Å². The molecule has 1 aliphatic rings. The van der Waals surface area contributed by atoms with E-state index in [4.69, 9.17) is 4.74 Å². The molecule has 0 atom stereocenters. The third-order valence-electron chi connectivity index (χ3n) is 5.38. The van der Waals surface area contributed by atoms with E-state index >= 15 is 0 Å². The van der Waals surface area contributed by atoms with Crippen LogP contribution in [0.5, 0.6) is 5.75 Å². The second-order valence-corrected chi connectivity index (χ2v) is 8.52. The molecule has 0 saturated heterocycles. The fourth-order valence-corrected chi connectivity index (χ4v) is 4.44. The third kappa shape index (κ3) is 5.28. The topological polar surface area (TPSA) is 88.6 Å². The van der Waals surface area contributed by atoms with E-state index in [1.54, 1.807) is 24.3 Å². The molecule has 0 bridgehead atoms. The van der Waals surface area contributed by atoms with E-state index in [1.807, 2.05) is 36.6 Å². The van der Waals surface area contributed by atoms with Gasteiger partial charge in [-0.25, -0.2) is 4.98 Å². The summed E-state index contributed by atoms with van der Waals surface area (Å²) >= 11 is 1.39. The van der Waals surface area contributed by atoms with E-state index in [2.05, 4.69) is 10.3 Å². The summed E-state index contributed by atoms with van der Waals surface area (Å²) in [6, 6.07) is 14.6. The Morgan fingerprint density at radius 2 is 1.70 bits per heavy atom. The highest BCUT2D eigenvalue weighted by Gasteiger charge is 2.34. The summed E-state index contributed by atoms with van der Waals surface area (Å²) in [5, 5.41) is 5.32. The van der Waals surface area contributed by atoms with Crippen LogP contribution in [-0.2, 0) is 4.79 Å². The SMILES string of the molecule is CCOc1ccc(-c2csc(NC(=O)CCCCCN3C(=O)c4ccccc4C3=O)n2)cc1. The Morgan fingerprint density at radius 3 is 2.36 bits per heavy atom. The number of benzene rings is 2. The zero-order valence-corrected chi connectivity index (χ0v) is 19.2. The minimum Gasteiger partial charge on any atom is -0.494 e. The molecule has 0 spiro atoms. The van der Waals surface area contributed by atoms with Gasteiger partial charge in [0.15, 0.2) is 5.13 Å². The van der Waals surface area contributed by atoms with Crippen LogP contribution in [0.25, 0.3) is 11.3 Å². The Morgan fingerprint density at radius 1 is 1.00 bits per heavy atom. The van der Waals surface area contributed by atoms with Crippen LogP contribution in [0.2, 0.25) is 0 Å². The first-order chi connectivity index (χ1) is 16.1. The minimum absolute atomic E-state index is 0.0941. The second-order valence-electron chi connectivity index (χ2n) is 7.66. The van der Waals surface area contributed by atoms with Gasteiger partial charge in [0.25, 0.3) is 11.8 Å². The Labute approximate surface area is 196 Å². The number of hydrogen-bond acceptors (Lipinski definition) is 6. The van der Waals surface area contributed by atoms with Gasteiger partial charge in [0.05, 0.1) is 23.4 Å². The zero-order valence-electron chi connectivity index (χ0n) is 18.4. The molecule has 2 aromatic carbocycles. The average Bonchev–Trinajstić information content (AvgIpc) is 3.38. The lowest BCUT2D eigenvalue weighted by molar-refractivity contribution is -0.116. The lowest BCUT2D eigenvalue weighted by atomic mass is 10.1. The molecule has 0 saturated carbocycles. The van der Waals surface area contributed by atoms with Gasteiger partial charge in [0.2, 0.25) is 5.91 Å². The van der Waals surface area contributed by atoms with Crippen LogP contribution < -0.4 is 10.1 Å².